The zero-order valence-electron chi connectivity index (χ0n) is 16.8. The molecule has 1 saturated heterocycles. The second-order valence-corrected chi connectivity index (χ2v) is 7.83. The molecule has 0 spiro atoms. The van der Waals surface area contributed by atoms with Gasteiger partial charge in [-0.2, -0.15) is 0 Å². The summed E-state index contributed by atoms with van der Waals surface area (Å²) in [5.74, 6) is 0.594. The average molecular weight is 367 g/mol. The van der Waals surface area contributed by atoms with Crippen LogP contribution in [0.1, 0.15) is 55.2 Å². The molecule has 0 bridgehead atoms. The molecule has 27 heavy (non-hydrogen) atoms. The molecule has 1 unspecified atom stereocenters. The first-order chi connectivity index (χ1) is 12.9. The molecule has 0 aromatic carbocycles. The fraction of sp³-hybridized carbons (Fsp3) is 0.500. The Morgan fingerprint density at radius 1 is 1.26 bits per heavy atom. The number of aromatic nitrogens is 2. The molecule has 0 radical (unpaired) electrons. The number of nitrogens with zero attached hydrogens (tertiary/aromatic N) is 3. The summed E-state index contributed by atoms with van der Waals surface area (Å²) in [6, 6.07) is 6.76. The number of hydrogen-bond donors (Lipinski definition) is 1. The van der Waals surface area contributed by atoms with Gasteiger partial charge in [0, 0.05) is 37.1 Å². The maximum atomic E-state index is 11.3. The number of rotatable bonds is 5. The quantitative estimate of drug-likeness (QED) is 0.867. The maximum Gasteiger partial charge on any atom is 0.221 e. The van der Waals surface area contributed by atoms with Crippen LogP contribution in [0.5, 0.6) is 0 Å². The summed E-state index contributed by atoms with van der Waals surface area (Å²) in [7, 11) is 0. The van der Waals surface area contributed by atoms with Crippen molar-refractivity contribution >= 4 is 11.6 Å². The third-order valence-corrected chi connectivity index (χ3v) is 5.33. The van der Waals surface area contributed by atoms with Crippen molar-refractivity contribution in [3.63, 3.8) is 0 Å². The van der Waals surface area contributed by atoms with Gasteiger partial charge in [0.05, 0.1) is 11.9 Å². The molecule has 0 saturated carbocycles. The van der Waals surface area contributed by atoms with E-state index in [1.54, 1.807) is 6.20 Å². The SMILES string of the molecule is CC(=O)Nc1cncc(C(C)N2CCC[C@H](Cc3cc(C)nc(C)c3)C2)c1. The van der Waals surface area contributed by atoms with Gasteiger partial charge in [0.15, 0.2) is 0 Å². The van der Waals surface area contributed by atoms with Crippen LogP contribution in [0, 0.1) is 19.8 Å². The van der Waals surface area contributed by atoms with Crippen LogP contribution in [0.25, 0.3) is 0 Å². The number of carbonyl (C=O) groups excluding carboxylic acids is 1. The Labute approximate surface area is 162 Å². The van der Waals surface area contributed by atoms with Gasteiger partial charge in [-0.25, -0.2) is 0 Å². The molecule has 2 aromatic rings. The van der Waals surface area contributed by atoms with Gasteiger partial charge in [0.25, 0.3) is 0 Å². The van der Waals surface area contributed by atoms with Crippen LogP contribution in [0.3, 0.4) is 0 Å². The molecule has 2 aromatic heterocycles. The first-order valence-electron chi connectivity index (χ1n) is 9.81. The van der Waals surface area contributed by atoms with E-state index in [2.05, 4.69) is 53.1 Å². The van der Waals surface area contributed by atoms with Crippen LogP contribution < -0.4 is 5.32 Å². The first kappa shape index (κ1) is 19.5. The molecular formula is C22H30N4O. The number of pyridine rings is 2. The molecule has 1 N–H and O–H groups in total. The van der Waals surface area contributed by atoms with E-state index < -0.39 is 0 Å². The monoisotopic (exact) mass is 366 g/mol. The van der Waals surface area contributed by atoms with Crippen molar-refractivity contribution in [1.29, 1.82) is 0 Å². The Bertz CT molecular complexity index is 784. The van der Waals surface area contributed by atoms with Crippen LogP contribution in [-0.2, 0) is 11.2 Å². The van der Waals surface area contributed by atoms with Crippen LogP contribution >= 0.6 is 0 Å². The van der Waals surface area contributed by atoms with E-state index in [1.165, 1.54) is 25.3 Å². The lowest BCUT2D eigenvalue weighted by molar-refractivity contribution is -0.114. The topological polar surface area (TPSA) is 58.1 Å². The summed E-state index contributed by atoms with van der Waals surface area (Å²) in [4.78, 5) is 22.7. The number of aryl methyl sites for hydroxylation is 2. The van der Waals surface area contributed by atoms with Gasteiger partial charge in [-0.05, 0) is 81.8 Å². The van der Waals surface area contributed by atoms with Crippen molar-refractivity contribution in [2.24, 2.45) is 5.92 Å². The number of hydrogen-bond acceptors (Lipinski definition) is 4. The van der Waals surface area contributed by atoms with Gasteiger partial charge >= 0.3 is 0 Å². The molecule has 1 aliphatic heterocycles. The summed E-state index contributed by atoms with van der Waals surface area (Å²) < 4.78 is 0. The van der Waals surface area contributed by atoms with Crippen molar-refractivity contribution < 1.29 is 4.79 Å². The van der Waals surface area contributed by atoms with Gasteiger partial charge in [0.2, 0.25) is 5.91 Å². The maximum absolute atomic E-state index is 11.3. The minimum Gasteiger partial charge on any atom is -0.325 e. The van der Waals surface area contributed by atoms with Gasteiger partial charge in [-0.1, -0.05) is 0 Å². The van der Waals surface area contributed by atoms with Gasteiger partial charge in [0.1, 0.15) is 0 Å². The molecule has 1 aliphatic rings. The Hall–Kier alpha value is -2.27. The van der Waals surface area contributed by atoms with Gasteiger partial charge in [-0.15, -0.1) is 0 Å². The minimum absolute atomic E-state index is 0.0671. The highest BCUT2D eigenvalue weighted by molar-refractivity contribution is 5.88. The van der Waals surface area contributed by atoms with Crippen molar-refractivity contribution in [2.75, 3.05) is 18.4 Å². The second kappa shape index (κ2) is 8.61. The van der Waals surface area contributed by atoms with Crippen LogP contribution in [0.4, 0.5) is 5.69 Å². The standard InChI is InChI=1S/C22H30N4O/c1-15-8-20(9-16(2)24-15)10-19-6-5-7-26(14-19)17(3)21-11-22(13-23-12-21)25-18(4)27/h8-9,11-13,17,19H,5-7,10,14H2,1-4H3,(H,25,27)/t17?,19-/m1/s1. The smallest absolute Gasteiger partial charge is 0.221 e. The molecule has 3 heterocycles. The third-order valence-electron chi connectivity index (χ3n) is 5.33. The lowest BCUT2D eigenvalue weighted by Crippen LogP contribution is -2.38. The number of anilines is 1. The fourth-order valence-electron chi connectivity index (χ4n) is 4.16. The highest BCUT2D eigenvalue weighted by Crippen LogP contribution is 2.29. The lowest BCUT2D eigenvalue weighted by atomic mass is 9.90. The fourth-order valence-corrected chi connectivity index (χ4v) is 4.16. The summed E-state index contributed by atoms with van der Waals surface area (Å²) in [6.45, 7) is 10.1. The van der Waals surface area contributed by atoms with Crippen molar-refractivity contribution in [3.05, 3.63) is 53.1 Å². The van der Waals surface area contributed by atoms with E-state index in [0.717, 1.165) is 42.1 Å². The Morgan fingerprint density at radius 2 is 2.00 bits per heavy atom. The summed E-state index contributed by atoms with van der Waals surface area (Å²) in [5, 5.41) is 2.83. The highest BCUT2D eigenvalue weighted by Gasteiger charge is 2.25. The zero-order chi connectivity index (χ0) is 19.4. The van der Waals surface area contributed by atoms with Crippen molar-refractivity contribution in [3.8, 4) is 0 Å². The number of amides is 1. The van der Waals surface area contributed by atoms with Gasteiger partial charge < -0.3 is 5.32 Å². The molecule has 2 atom stereocenters. The Morgan fingerprint density at radius 3 is 2.70 bits per heavy atom. The Kier molecular flexibility index (Phi) is 6.22. The van der Waals surface area contributed by atoms with Gasteiger partial charge in [-0.3, -0.25) is 19.7 Å². The molecule has 3 rings (SSSR count). The predicted octanol–water partition coefficient (Wildman–Crippen LogP) is 4.07. The Balaban J connectivity index is 1.67. The van der Waals surface area contributed by atoms with Crippen LogP contribution in [0.15, 0.2) is 30.6 Å². The largest absolute Gasteiger partial charge is 0.325 e. The van der Waals surface area contributed by atoms with E-state index in [-0.39, 0.29) is 11.9 Å². The normalized spacial score (nSPS) is 18.9. The molecule has 1 amide bonds. The van der Waals surface area contributed by atoms with Crippen LogP contribution in [-0.4, -0.2) is 33.9 Å². The van der Waals surface area contributed by atoms with Crippen molar-refractivity contribution in [1.82, 2.24) is 14.9 Å². The lowest BCUT2D eigenvalue weighted by Gasteiger charge is -2.37. The first-order valence-corrected chi connectivity index (χ1v) is 9.81. The number of likely N-dealkylation sites (tertiary alicyclic amines) is 1. The number of carbonyl (C=O) groups is 1. The minimum atomic E-state index is -0.0671. The van der Waals surface area contributed by atoms with E-state index in [4.69, 9.17) is 0 Å². The number of nitrogens with one attached hydrogen (secondary N) is 1. The van der Waals surface area contributed by atoms with E-state index in [9.17, 15) is 4.79 Å². The zero-order valence-corrected chi connectivity index (χ0v) is 16.8. The number of piperidine rings is 1. The highest BCUT2D eigenvalue weighted by atomic mass is 16.1. The molecule has 5 heteroatoms. The molecule has 144 valence electrons. The van der Waals surface area contributed by atoms with E-state index >= 15 is 0 Å². The second-order valence-electron chi connectivity index (χ2n) is 7.83. The molecule has 1 fully saturated rings. The van der Waals surface area contributed by atoms with Crippen LogP contribution in [0.2, 0.25) is 0 Å². The average Bonchev–Trinajstić information content (AvgIpc) is 2.60. The molecular weight excluding hydrogens is 336 g/mol. The van der Waals surface area contributed by atoms with Crippen molar-refractivity contribution in [2.45, 2.75) is 53.0 Å². The summed E-state index contributed by atoms with van der Waals surface area (Å²) in [5.41, 5.74) is 5.52. The predicted molar refractivity (Wildman–Crippen MR) is 109 cm³/mol. The van der Waals surface area contributed by atoms with E-state index in [1.807, 2.05) is 12.3 Å². The molecule has 5 nitrogen and oxygen atoms in total. The molecule has 0 aliphatic carbocycles. The summed E-state index contributed by atoms with van der Waals surface area (Å²) >= 11 is 0. The third kappa shape index (κ3) is 5.36. The summed E-state index contributed by atoms with van der Waals surface area (Å²) in [6.07, 6.45) is 7.21. The van der Waals surface area contributed by atoms with E-state index in [0.29, 0.717) is 5.92 Å².